The summed E-state index contributed by atoms with van der Waals surface area (Å²) in [6.45, 7) is 6.41. The number of nitrogens with one attached hydrogen (secondary N) is 2. The normalized spacial score (nSPS) is 23.1. The average molecular weight is 363 g/mol. The van der Waals surface area contributed by atoms with Crippen molar-refractivity contribution in [3.63, 3.8) is 0 Å². The molecule has 1 aromatic carbocycles. The fourth-order valence-electron chi connectivity index (χ4n) is 3.65. The standard InChI is InChI=1S/C20H30FN3O2/c1-3-22-20(24-18-6-4-14(2)5-7-18)23-9-8-15-10-17(21)11-16-12-25-13-26-19(15)16/h10-11,14,18H,3-9,12-13H2,1-2H3,(H2,22,23,24). The molecular formula is C20H30FN3O2. The minimum atomic E-state index is -0.252. The lowest BCUT2D eigenvalue weighted by Gasteiger charge is -2.28. The monoisotopic (exact) mass is 363 g/mol. The number of hydrogen-bond donors (Lipinski definition) is 2. The molecule has 0 amide bonds. The molecule has 1 aliphatic carbocycles. The molecule has 0 bridgehead atoms. The molecule has 0 aromatic heterocycles. The van der Waals surface area contributed by atoms with Crippen LogP contribution >= 0.6 is 0 Å². The third kappa shape index (κ3) is 5.10. The van der Waals surface area contributed by atoms with Gasteiger partial charge in [0.15, 0.2) is 12.8 Å². The van der Waals surface area contributed by atoms with Crippen LogP contribution in [0.5, 0.6) is 5.75 Å². The summed E-state index contributed by atoms with van der Waals surface area (Å²) in [4.78, 5) is 4.69. The van der Waals surface area contributed by atoms with Gasteiger partial charge in [-0.2, -0.15) is 0 Å². The number of halogens is 1. The summed E-state index contributed by atoms with van der Waals surface area (Å²) in [6.07, 6.45) is 5.56. The second kappa shape index (κ2) is 9.21. The van der Waals surface area contributed by atoms with Gasteiger partial charge in [-0.25, -0.2) is 4.39 Å². The van der Waals surface area contributed by atoms with Crippen LogP contribution in [0.25, 0.3) is 0 Å². The predicted molar refractivity (Wildman–Crippen MR) is 101 cm³/mol. The van der Waals surface area contributed by atoms with Gasteiger partial charge in [-0.05, 0) is 62.6 Å². The van der Waals surface area contributed by atoms with Gasteiger partial charge in [0.1, 0.15) is 11.6 Å². The first-order valence-electron chi connectivity index (χ1n) is 9.72. The van der Waals surface area contributed by atoms with Crippen LogP contribution in [-0.2, 0) is 17.8 Å². The lowest BCUT2D eigenvalue weighted by Crippen LogP contribution is -2.44. The van der Waals surface area contributed by atoms with Crippen molar-refractivity contribution in [2.24, 2.45) is 10.9 Å². The van der Waals surface area contributed by atoms with E-state index in [2.05, 4.69) is 29.5 Å². The number of benzene rings is 1. The molecule has 3 rings (SSSR count). The van der Waals surface area contributed by atoms with E-state index in [1.807, 2.05) is 0 Å². The number of aliphatic imine (C=N–C) groups is 1. The average Bonchev–Trinajstić information content (AvgIpc) is 2.63. The Hall–Kier alpha value is -1.82. The van der Waals surface area contributed by atoms with Crippen molar-refractivity contribution in [2.75, 3.05) is 19.9 Å². The summed E-state index contributed by atoms with van der Waals surface area (Å²) >= 11 is 0. The van der Waals surface area contributed by atoms with Crippen molar-refractivity contribution in [1.82, 2.24) is 10.6 Å². The molecule has 1 fully saturated rings. The highest BCUT2D eigenvalue weighted by Crippen LogP contribution is 2.29. The van der Waals surface area contributed by atoms with Gasteiger partial charge in [-0.1, -0.05) is 6.92 Å². The van der Waals surface area contributed by atoms with E-state index in [0.29, 0.717) is 25.6 Å². The molecule has 0 unspecified atom stereocenters. The van der Waals surface area contributed by atoms with Crippen molar-refractivity contribution in [2.45, 2.75) is 58.6 Å². The Kier molecular flexibility index (Phi) is 6.72. The molecule has 0 spiro atoms. The first kappa shape index (κ1) is 19.0. The Bertz CT molecular complexity index is 628. The molecule has 1 heterocycles. The van der Waals surface area contributed by atoms with Crippen LogP contribution in [0.1, 0.15) is 50.7 Å². The Balaban J connectivity index is 1.61. The molecule has 0 radical (unpaired) electrons. The van der Waals surface area contributed by atoms with E-state index in [9.17, 15) is 4.39 Å². The van der Waals surface area contributed by atoms with Crippen molar-refractivity contribution in [3.05, 3.63) is 29.1 Å². The Morgan fingerprint density at radius 3 is 2.85 bits per heavy atom. The van der Waals surface area contributed by atoms with Crippen LogP contribution in [0.2, 0.25) is 0 Å². The van der Waals surface area contributed by atoms with Crippen LogP contribution in [0, 0.1) is 11.7 Å². The fraction of sp³-hybridized carbons (Fsp3) is 0.650. The summed E-state index contributed by atoms with van der Waals surface area (Å²) in [5.74, 6) is 2.18. The second-order valence-electron chi connectivity index (χ2n) is 7.28. The predicted octanol–water partition coefficient (Wildman–Crippen LogP) is 3.37. The highest BCUT2D eigenvalue weighted by atomic mass is 19.1. The fourth-order valence-corrected chi connectivity index (χ4v) is 3.65. The van der Waals surface area contributed by atoms with Crippen LogP contribution < -0.4 is 15.4 Å². The number of nitrogens with zero attached hydrogens (tertiary/aromatic N) is 1. The molecule has 1 saturated carbocycles. The number of guanidine groups is 1. The quantitative estimate of drug-likeness (QED) is 0.622. The van der Waals surface area contributed by atoms with E-state index in [-0.39, 0.29) is 12.6 Å². The van der Waals surface area contributed by atoms with E-state index in [4.69, 9.17) is 9.47 Å². The van der Waals surface area contributed by atoms with Gasteiger partial charge >= 0.3 is 0 Å². The van der Waals surface area contributed by atoms with Crippen LogP contribution in [0.15, 0.2) is 17.1 Å². The third-order valence-corrected chi connectivity index (χ3v) is 5.10. The van der Waals surface area contributed by atoms with Gasteiger partial charge in [0, 0.05) is 24.7 Å². The Morgan fingerprint density at radius 2 is 2.08 bits per heavy atom. The van der Waals surface area contributed by atoms with E-state index in [0.717, 1.165) is 35.3 Å². The van der Waals surface area contributed by atoms with Crippen molar-refractivity contribution in [3.8, 4) is 5.75 Å². The summed E-state index contributed by atoms with van der Waals surface area (Å²) in [6, 6.07) is 3.52. The van der Waals surface area contributed by atoms with Crippen molar-refractivity contribution >= 4 is 5.96 Å². The Morgan fingerprint density at radius 1 is 1.27 bits per heavy atom. The van der Waals surface area contributed by atoms with Crippen LogP contribution in [0.4, 0.5) is 4.39 Å². The molecule has 2 N–H and O–H groups in total. The molecule has 26 heavy (non-hydrogen) atoms. The zero-order valence-corrected chi connectivity index (χ0v) is 15.8. The van der Waals surface area contributed by atoms with Gasteiger partial charge in [-0.15, -0.1) is 0 Å². The van der Waals surface area contributed by atoms with E-state index < -0.39 is 0 Å². The van der Waals surface area contributed by atoms with Gasteiger partial charge < -0.3 is 20.1 Å². The molecule has 5 nitrogen and oxygen atoms in total. The van der Waals surface area contributed by atoms with Gasteiger partial charge in [0.25, 0.3) is 0 Å². The van der Waals surface area contributed by atoms with E-state index in [1.165, 1.54) is 31.7 Å². The summed E-state index contributed by atoms with van der Waals surface area (Å²) in [7, 11) is 0. The van der Waals surface area contributed by atoms with E-state index >= 15 is 0 Å². The van der Waals surface area contributed by atoms with Crippen molar-refractivity contribution in [1.29, 1.82) is 0 Å². The molecule has 6 heteroatoms. The van der Waals surface area contributed by atoms with Crippen LogP contribution in [-0.4, -0.2) is 31.9 Å². The molecule has 0 saturated heterocycles. The maximum atomic E-state index is 13.8. The molecule has 1 aliphatic heterocycles. The summed E-state index contributed by atoms with van der Waals surface area (Å²) in [5, 5.41) is 6.87. The topological polar surface area (TPSA) is 54.9 Å². The highest BCUT2D eigenvalue weighted by molar-refractivity contribution is 5.80. The lowest BCUT2D eigenvalue weighted by atomic mass is 9.87. The van der Waals surface area contributed by atoms with E-state index in [1.54, 1.807) is 6.07 Å². The molecular weight excluding hydrogens is 333 g/mol. The minimum Gasteiger partial charge on any atom is -0.467 e. The maximum absolute atomic E-state index is 13.8. The SMILES string of the molecule is CCNC(=NCCc1cc(F)cc2c1OCOC2)NC1CCC(C)CC1. The molecule has 1 aromatic rings. The summed E-state index contributed by atoms with van der Waals surface area (Å²) in [5.41, 5.74) is 1.63. The number of hydrogen-bond acceptors (Lipinski definition) is 3. The van der Waals surface area contributed by atoms with Gasteiger partial charge in [0.05, 0.1) is 6.61 Å². The highest BCUT2D eigenvalue weighted by Gasteiger charge is 2.19. The zero-order chi connectivity index (χ0) is 18.4. The summed E-state index contributed by atoms with van der Waals surface area (Å²) < 4.78 is 24.6. The Labute approximate surface area is 155 Å². The minimum absolute atomic E-state index is 0.221. The zero-order valence-electron chi connectivity index (χ0n) is 15.8. The smallest absolute Gasteiger partial charge is 0.191 e. The second-order valence-corrected chi connectivity index (χ2v) is 7.28. The van der Waals surface area contributed by atoms with Crippen molar-refractivity contribution < 1.29 is 13.9 Å². The van der Waals surface area contributed by atoms with Crippen LogP contribution in [0.3, 0.4) is 0 Å². The first-order valence-corrected chi connectivity index (χ1v) is 9.72. The number of fused-ring (bicyclic) bond motifs is 1. The largest absolute Gasteiger partial charge is 0.467 e. The van der Waals surface area contributed by atoms with Gasteiger partial charge in [0.2, 0.25) is 0 Å². The number of ether oxygens (including phenoxy) is 2. The lowest BCUT2D eigenvalue weighted by molar-refractivity contribution is -0.0172. The van der Waals surface area contributed by atoms with Gasteiger partial charge in [-0.3, -0.25) is 4.99 Å². The molecule has 2 aliphatic rings. The maximum Gasteiger partial charge on any atom is 0.191 e. The molecule has 0 atom stereocenters. The first-order chi connectivity index (χ1) is 12.7. The number of rotatable bonds is 5. The molecule has 144 valence electrons. The third-order valence-electron chi connectivity index (χ3n) is 5.10.